The molecular formula is C20H24ClN3O3S. The van der Waals surface area contributed by atoms with Gasteiger partial charge in [0.25, 0.3) is 0 Å². The van der Waals surface area contributed by atoms with Gasteiger partial charge in [0.15, 0.2) is 6.29 Å². The first-order valence-electron chi connectivity index (χ1n) is 9.18. The molecule has 1 aromatic carbocycles. The van der Waals surface area contributed by atoms with Crippen LogP contribution in [0.4, 0.5) is 0 Å². The quantitative estimate of drug-likeness (QED) is 0.298. The van der Waals surface area contributed by atoms with E-state index in [1.165, 1.54) is 0 Å². The second-order valence-corrected chi connectivity index (χ2v) is 8.13. The zero-order valence-corrected chi connectivity index (χ0v) is 18.0. The number of imidazole rings is 1. The number of unbranched alkanes of at least 4 members (excludes halogenated alkanes) is 1. The predicted molar refractivity (Wildman–Crippen MR) is 113 cm³/mol. The molecule has 0 aliphatic carbocycles. The lowest BCUT2D eigenvalue weighted by Crippen LogP contribution is -2.18. The Morgan fingerprint density at radius 3 is 2.82 bits per heavy atom. The van der Waals surface area contributed by atoms with Crippen molar-refractivity contribution in [2.24, 2.45) is 0 Å². The normalized spacial score (nSPS) is 13.6. The van der Waals surface area contributed by atoms with Gasteiger partial charge in [-0.25, -0.2) is 4.98 Å². The molecule has 0 saturated carbocycles. The minimum absolute atomic E-state index is 0.376. The summed E-state index contributed by atoms with van der Waals surface area (Å²) in [6, 6.07) is 7.12. The average molecular weight is 422 g/mol. The van der Waals surface area contributed by atoms with E-state index >= 15 is 0 Å². The molecule has 8 heteroatoms. The SMILES string of the molecule is CCCCOC(C)Oc1ccnc(-c2nc3cc(Cl)ccc3n2[S+](C)[O-])c1C. The van der Waals surface area contributed by atoms with E-state index < -0.39 is 11.4 Å². The lowest BCUT2D eigenvalue weighted by Gasteiger charge is -2.18. The maximum absolute atomic E-state index is 12.4. The Labute approximate surface area is 173 Å². The Kier molecular flexibility index (Phi) is 6.82. The highest BCUT2D eigenvalue weighted by molar-refractivity contribution is 7.89. The predicted octanol–water partition coefficient (Wildman–Crippen LogP) is 4.74. The Morgan fingerprint density at radius 2 is 2.11 bits per heavy atom. The van der Waals surface area contributed by atoms with E-state index in [1.54, 1.807) is 34.6 Å². The van der Waals surface area contributed by atoms with Crippen molar-refractivity contribution in [1.82, 2.24) is 13.9 Å². The summed E-state index contributed by atoms with van der Waals surface area (Å²) in [5, 5.41) is 0.574. The number of hydrogen-bond donors (Lipinski definition) is 0. The van der Waals surface area contributed by atoms with Crippen molar-refractivity contribution < 1.29 is 14.0 Å². The smallest absolute Gasteiger partial charge is 0.206 e. The highest BCUT2D eigenvalue weighted by Gasteiger charge is 2.23. The van der Waals surface area contributed by atoms with Gasteiger partial charge in [-0.15, -0.1) is 3.97 Å². The first-order valence-corrected chi connectivity index (χ1v) is 11.1. The number of halogens is 1. The molecule has 0 spiro atoms. The maximum atomic E-state index is 12.4. The molecule has 2 heterocycles. The first kappa shape index (κ1) is 20.9. The van der Waals surface area contributed by atoms with E-state index in [-0.39, 0.29) is 6.29 Å². The Morgan fingerprint density at radius 1 is 1.32 bits per heavy atom. The van der Waals surface area contributed by atoms with Gasteiger partial charge in [-0.1, -0.05) is 24.9 Å². The van der Waals surface area contributed by atoms with Crippen LogP contribution in [0, 0.1) is 6.92 Å². The van der Waals surface area contributed by atoms with Crippen molar-refractivity contribution in [2.75, 3.05) is 12.9 Å². The molecule has 3 rings (SSSR count). The van der Waals surface area contributed by atoms with Gasteiger partial charge < -0.3 is 14.0 Å². The summed E-state index contributed by atoms with van der Waals surface area (Å²) in [6.45, 7) is 6.55. The molecule has 2 unspecified atom stereocenters. The molecule has 0 saturated heterocycles. The second kappa shape index (κ2) is 9.13. The van der Waals surface area contributed by atoms with Crippen LogP contribution in [0.1, 0.15) is 32.3 Å². The minimum Gasteiger partial charge on any atom is -0.593 e. The van der Waals surface area contributed by atoms with Crippen LogP contribution in [0.25, 0.3) is 22.6 Å². The molecule has 2 atom stereocenters. The molecule has 2 aromatic heterocycles. The summed E-state index contributed by atoms with van der Waals surface area (Å²) >= 11 is 4.78. The van der Waals surface area contributed by atoms with Gasteiger partial charge in [-0.2, -0.15) is 0 Å². The zero-order valence-electron chi connectivity index (χ0n) is 16.4. The van der Waals surface area contributed by atoms with E-state index in [2.05, 4.69) is 16.9 Å². The summed E-state index contributed by atoms with van der Waals surface area (Å²) in [5.74, 6) is 1.17. The largest absolute Gasteiger partial charge is 0.593 e. The van der Waals surface area contributed by atoms with Crippen molar-refractivity contribution in [2.45, 2.75) is 39.9 Å². The van der Waals surface area contributed by atoms with Gasteiger partial charge >= 0.3 is 0 Å². The van der Waals surface area contributed by atoms with Crippen LogP contribution in [-0.2, 0) is 16.1 Å². The third-order valence-corrected chi connectivity index (χ3v) is 5.46. The molecule has 0 N–H and O–H groups in total. The lowest BCUT2D eigenvalue weighted by atomic mass is 10.2. The number of aromatic nitrogens is 3. The van der Waals surface area contributed by atoms with Crippen molar-refractivity contribution in [3.63, 3.8) is 0 Å². The zero-order chi connectivity index (χ0) is 20.3. The van der Waals surface area contributed by atoms with E-state index in [1.807, 2.05) is 19.9 Å². The second-order valence-electron chi connectivity index (χ2n) is 6.48. The van der Waals surface area contributed by atoms with Gasteiger partial charge in [0.05, 0.1) is 23.5 Å². The average Bonchev–Trinajstić information content (AvgIpc) is 3.02. The fourth-order valence-electron chi connectivity index (χ4n) is 2.92. The molecule has 0 radical (unpaired) electrons. The summed E-state index contributed by atoms with van der Waals surface area (Å²) in [5.41, 5.74) is 2.83. The van der Waals surface area contributed by atoms with Crippen molar-refractivity contribution >= 4 is 34.0 Å². The van der Waals surface area contributed by atoms with Crippen LogP contribution < -0.4 is 4.74 Å². The van der Waals surface area contributed by atoms with Crippen molar-refractivity contribution in [3.05, 3.63) is 41.0 Å². The molecule has 28 heavy (non-hydrogen) atoms. The van der Waals surface area contributed by atoms with E-state index in [0.717, 1.165) is 23.9 Å². The summed E-state index contributed by atoms with van der Waals surface area (Å²) in [6.07, 6.45) is 4.95. The number of hydrogen-bond acceptors (Lipinski definition) is 5. The lowest BCUT2D eigenvalue weighted by molar-refractivity contribution is -0.0677. The number of fused-ring (bicyclic) bond motifs is 1. The highest BCUT2D eigenvalue weighted by atomic mass is 35.5. The van der Waals surface area contributed by atoms with Crippen molar-refractivity contribution in [1.29, 1.82) is 0 Å². The third kappa shape index (κ3) is 4.43. The maximum Gasteiger partial charge on any atom is 0.206 e. The first-order chi connectivity index (χ1) is 13.4. The molecule has 0 bridgehead atoms. The fraction of sp³-hybridized carbons (Fsp3) is 0.400. The fourth-order valence-corrected chi connectivity index (χ4v) is 3.89. The van der Waals surface area contributed by atoms with Gasteiger partial charge in [0.1, 0.15) is 23.2 Å². The highest BCUT2D eigenvalue weighted by Crippen LogP contribution is 2.32. The Hall–Kier alpha value is -1.80. The molecule has 0 aliphatic rings. The number of nitrogens with zero attached hydrogens (tertiary/aromatic N) is 3. The number of benzene rings is 1. The van der Waals surface area contributed by atoms with Gasteiger partial charge in [-0.05, 0) is 44.5 Å². The molecule has 0 amide bonds. The summed E-state index contributed by atoms with van der Waals surface area (Å²) in [7, 11) is 0. The molecule has 150 valence electrons. The Balaban J connectivity index is 1.99. The van der Waals surface area contributed by atoms with Crippen LogP contribution >= 0.6 is 11.6 Å². The van der Waals surface area contributed by atoms with Crippen LogP contribution in [-0.4, -0.2) is 37.6 Å². The molecular weight excluding hydrogens is 398 g/mol. The number of ether oxygens (including phenoxy) is 2. The van der Waals surface area contributed by atoms with Crippen molar-refractivity contribution in [3.8, 4) is 17.3 Å². The van der Waals surface area contributed by atoms with Crippen LogP contribution in [0.5, 0.6) is 5.75 Å². The number of pyridine rings is 1. The topological polar surface area (TPSA) is 72.2 Å². The molecule has 6 nitrogen and oxygen atoms in total. The molecule has 3 aromatic rings. The molecule has 0 fully saturated rings. The van der Waals surface area contributed by atoms with Crippen LogP contribution in [0.3, 0.4) is 0 Å². The van der Waals surface area contributed by atoms with E-state index in [0.29, 0.717) is 34.4 Å². The minimum atomic E-state index is -1.32. The van der Waals surface area contributed by atoms with E-state index in [4.69, 9.17) is 21.1 Å². The summed E-state index contributed by atoms with van der Waals surface area (Å²) < 4.78 is 25.7. The van der Waals surface area contributed by atoms with E-state index in [9.17, 15) is 4.55 Å². The van der Waals surface area contributed by atoms with Gasteiger partial charge in [0, 0.05) is 16.8 Å². The number of rotatable bonds is 8. The summed E-state index contributed by atoms with van der Waals surface area (Å²) in [4.78, 5) is 9.12. The Bertz CT molecular complexity index is 961. The molecule has 0 aliphatic heterocycles. The third-order valence-electron chi connectivity index (χ3n) is 4.34. The standard InChI is InChI=1S/C20H24ClN3O3S/c1-5-6-11-26-14(3)27-18-9-10-22-19(13(18)2)20-23-16-12-15(21)7-8-17(16)24(20)28(4)25/h7-10,12,14H,5-6,11H2,1-4H3. The van der Waals surface area contributed by atoms with Gasteiger partial charge in [0.2, 0.25) is 5.82 Å². The van der Waals surface area contributed by atoms with Gasteiger partial charge in [-0.3, -0.25) is 4.98 Å². The van der Waals surface area contributed by atoms with Crippen LogP contribution in [0.15, 0.2) is 30.5 Å². The van der Waals surface area contributed by atoms with Crippen LogP contribution in [0.2, 0.25) is 5.02 Å². The monoisotopic (exact) mass is 421 g/mol.